The first-order valence-corrected chi connectivity index (χ1v) is 8.16. The molecule has 0 amide bonds. The summed E-state index contributed by atoms with van der Waals surface area (Å²) < 4.78 is 41.6. The molecule has 0 saturated carbocycles. The van der Waals surface area contributed by atoms with Gasteiger partial charge in [0.2, 0.25) is 0 Å². The van der Waals surface area contributed by atoms with Crippen LogP contribution in [0.1, 0.15) is 0 Å². The summed E-state index contributed by atoms with van der Waals surface area (Å²) in [5.41, 5.74) is 0. The molecule has 20 heavy (non-hydrogen) atoms. The first-order chi connectivity index (χ1) is 9.42. The van der Waals surface area contributed by atoms with Gasteiger partial charge in [-0.15, -0.1) is 0 Å². The normalized spacial score (nSPS) is 10.4. The van der Waals surface area contributed by atoms with Gasteiger partial charge in [0, 0.05) is 0 Å². The smallest absolute Gasteiger partial charge is 0.418 e. The second-order valence-electron chi connectivity index (χ2n) is 3.55. The minimum atomic E-state index is -6.00. The van der Waals surface area contributed by atoms with E-state index < -0.39 is 21.2 Å². The van der Waals surface area contributed by atoms with Crippen molar-refractivity contribution in [2.24, 2.45) is 0 Å². The molecular weight excluding hydrogens is 334 g/mol. The van der Waals surface area contributed by atoms with Gasteiger partial charge in [0.1, 0.15) is 0 Å². The van der Waals surface area contributed by atoms with E-state index in [2.05, 4.69) is 29.1 Å². The van der Waals surface area contributed by atoms with Gasteiger partial charge in [0.25, 0.3) is 0 Å². The van der Waals surface area contributed by atoms with Crippen molar-refractivity contribution < 1.29 is 17.3 Å². The Balaban J connectivity index is 0.000000347. The second-order valence-corrected chi connectivity index (χ2v) is 7.30. The van der Waals surface area contributed by atoms with Crippen molar-refractivity contribution in [3.8, 4) is 11.2 Å². The van der Waals surface area contributed by atoms with Crippen molar-refractivity contribution in [3.63, 3.8) is 0 Å². The molecule has 0 atom stereocenters. The molecule has 0 aromatic heterocycles. The van der Waals surface area contributed by atoms with Crippen molar-refractivity contribution >= 4 is 30.1 Å². The number of hydrogen-bond acceptors (Lipinski definition) is 0. The van der Waals surface area contributed by atoms with Crippen LogP contribution in [0.3, 0.4) is 0 Å². The van der Waals surface area contributed by atoms with E-state index in [1.807, 2.05) is 36.4 Å². The van der Waals surface area contributed by atoms with Gasteiger partial charge in [-0.1, -0.05) is 0 Å². The zero-order valence-electron chi connectivity index (χ0n) is 10.3. The Morgan fingerprint density at radius 2 is 1.05 bits per heavy atom. The van der Waals surface area contributed by atoms with Gasteiger partial charge in [0.05, 0.1) is 0 Å². The van der Waals surface area contributed by atoms with Crippen molar-refractivity contribution in [2.75, 3.05) is 0 Å². The molecule has 0 spiro atoms. The van der Waals surface area contributed by atoms with Crippen molar-refractivity contribution in [1.29, 1.82) is 0 Å². The van der Waals surface area contributed by atoms with Crippen molar-refractivity contribution in [3.05, 3.63) is 60.7 Å². The molecule has 0 aliphatic heterocycles. The molecule has 104 valence electrons. The van der Waals surface area contributed by atoms with Gasteiger partial charge in [-0.2, -0.15) is 0 Å². The van der Waals surface area contributed by atoms with Gasteiger partial charge < -0.3 is 17.3 Å². The fourth-order valence-electron chi connectivity index (χ4n) is 1.39. The maximum absolute atomic E-state index is 9.75. The fourth-order valence-corrected chi connectivity index (χ4v) is 4.33. The molecule has 0 saturated heterocycles. The minimum absolute atomic E-state index is 1.26. The summed E-state index contributed by atoms with van der Waals surface area (Å²) in [6, 6.07) is 20.7. The van der Waals surface area contributed by atoms with Crippen LogP contribution in [0, 0.1) is 11.2 Å². The predicted octanol–water partition coefficient (Wildman–Crippen LogP) is 2.77. The quantitative estimate of drug-likeness (QED) is 0.446. The molecule has 0 nitrogen and oxygen atoms in total. The topological polar surface area (TPSA) is 0 Å². The first kappa shape index (κ1) is 16.4. The fraction of sp³-hybridized carbons (Fsp3) is 0. The number of terminal acetylenes is 1. The molecule has 0 N–H and O–H groups in total. The van der Waals surface area contributed by atoms with Gasteiger partial charge in [-0.25, -0.2) is 0 Å². The Hall–Kier alpha value is -1.70. The van der Waals surface area contributed by atoms with Crippen LogP contribution in [-0.2, 0) is 0 Å². The third kappa shape index (κ3) is 6.46. The Labute approximate surface area is 119 Å². The first-order valence-electron chi connectivity index (χ1n) is 5.60. The van der Waals surface area contributed by atoms with E-state index in [0.29, 0.717) is 0 Å². The van der Waals surface area contributed by atoms with Crippen LogP contribution in [0.4, 0.5) is 17.3 Å². The number of rotatable bonds is 2. The Morgan fingerprint density at radius 1 is 0.750 bits per heavy atom. The number of hydrogen-bond donors (Lipinski definition) is 0. The summed E-state index contributed by atoms with van der Waals surface area (Å²) >= 11 is -1.26. The molecule has 6 heteroatoms. The average molecular weight is 345 g/mol. The Morgan fingerprint density at radius 3 is 1.30 bits per heavy atom. The summed E-state index contributed by atoms with van der Waals surface area (Å²) in [5, 5.41) is 0. The molecule has 0 aliphatic rings. The molecule has 0 unspecified atom stereocenters. The molecule has 0 heterocycles. The maximum Gasteiger partial charge on any atom is 0.673 e. The molecule has 2 aromatic rings. The molecule has 0 fully saturated rings. The van der Waals surface area contributed by atoms with E-state index in [0.717, 1.165) is 0 Å². The average Bonchev–Trinajstić information content (AvgIpc) is 2.40. The Kier molecular flexibility index (Phi) is 6.37. The van der Waals surface area contributed by atoms with E-state index in [1.54, 1.807) is 0 Å². The van der Waals surface area contributed by atoms with Crippen molar-refractivity contribution in [1.82, 2.24) is 0 Å². The molecule has 0 bridgehead atoms. The van der Waals surface area contributed by atoms with E-state index in [-0.39, 0.29) is 0 Å². The number of benzene rings is 2. The van der Waals surface area contributed by atoms with Crippen LogP contribution in [-0.4, -0.2) is 21.2 Å². The predicted molar refractivity (Wildman–Crippen MR) is 76.9 cm³/mol. The molecule has 0 aliphatic carbocycles. The largest absolute Gasteiger partial charge is 0.673 e. The van der Waals surface area contributed by atoms with Crippen LogP contribution >= 0.6 is 0 Å². The van der Waals surface area contributed by atoms with Gasteiger partial charge in [-0.3, -0.25) is 0 Å². The SMILES string of the molecule is C#C[Se+](c1ccccc1)c1ccccc1.F[B-](F)(F)F. The zero-order valence-corrected chi connectivity index (χ0v) is 12.1. The summed E-state index contributed by atoms with van der Waals surface area (Å²) in [6.07, 6.45) is 5.64. The van der Waals surface area contributed by atoms with Crippen LogP contribution in [0.25, 0.3) is 0 Å². The number of halogens is 4. The second kappa shape index (κ2) is 7.79. The van der Waals surface area contributed by atoms with Crippen molar-refractivity contribution in [2.45, 2.75) is 0 Å². The zero-order chi connectivity index (χ0) is 15.0. The summed E-state index contributed by atoms with van der Waals surface area (Å²) in [7, 11) is -6.00. The van der Waals surface area contributed by atoms with E-state index in [4.69, 9.17) is 6.42 Å². The van der Waals surface area contributed by atoms with Gasteiger partial charge >= 0.3 is 102 Å². The monoisotopic (exact) mass is 346 g/mol. The Bertz CT molecular complexity index is 503. The molecule has 2 rings (SSSR count). The van der Waals surface area contributed by atoms with E-state index >= 15 is 0 Å². The van der Waals surface area contributed by atoms with Gasteiger partial charge in [-0.05, 0) is 0 Å². The van der Waals surface area contributed by atoms with Crippen LogP contribution in [0.5, 0.6) is 0 Å². The van der Waals surface area contributed by atoms with E-state index in [9.17, 15) is 17.3 Å². The van der Waals surface area contributed by atoms with Crippen LogP contribution in [0.2, 0.25) is 0 Å². The van der Waals surface area contributed by atoms with Gasteiger partial charge in [0.15, 0.2) is 0 Å². The summed E-state index contributed by atoms with van der Waals surface area (Å²) in [4.78, 5) is 2.96. The molecular formula is C14H11BF4Se. The molecule has 0 radical (unpaired) electrons. The third-order valence-electron chi connectivity index (χ3n) is 2.08. The summed E-state index contributed by atoms with van der Waals surface area (Å²) in [5.74, 6) is 0. The standard InChI is InChI=1S/C14H11Se.BF4/c1-2-15(13-9-5-3-6-10-13)14-11-7-4-8-12-14;2-1(3,4)5/h1,3-12H;/q+1;-1. The summed E-state index contributed by atoms with van der Waals surface area (Å²) in [6.45, 7) is 0. The maximum atomic E-state index is 9.75. The third-order valence-corrected chi connectivity index (χ3v) is 5.69. The van der Waals surface area contributed by atoms with E-state index in [1.165, 1.54) is 8.92 Å². The van der Waals surface area contributed by atoms with Crippen LogP contribution < -0.4 is 8.92 Å². The minimum Gasteiger partial charge on any atom is -0.418 e. The van der Waals surface area contributed by atoms with Crippen LogP contribution in [0.15, 0.2) is 60.7 Å². The molecule has 2 aromatic carbocycles.